The largest absolute Gasteiger partial charge is 0.378 e. The molecule has 112 valence electrons. The molecule has 1 amide bonds. The quantitative estimate of drug-likeness (QED) is 0.829. The Morgan fingerprint density at radius 1 is 1.20 bits per heavy atom. The van der Waals surface area contributed by atoms with Gasteiger partial charge in [-0.05, 0) is 38.1 Å². The molecule has 1 atom stereocenters. The smallest absolute Gasteiger partial charge is 0.237 e. The third kappa shape index (κ3) is 4.53. The van der Waals surface area contributed by atoms with Gasteiger partial charge in [-0.2, -0.15) is 0 Å². The van der Waals surface area contributed by atoms with E-state index in [-0.39, 0.29) is 11.9 Å². The van der Waals surface area contributed by atoms with Crippen LogP contribution in [-0.4, -0.2) is 44.0 Å². The fourth-order valence-corrected chi connectivity index (χ4v) is 2.14. The fourth-order valence-electron chi connectivity index (χ4n) is 2.14. The number of rotatable bonds is 7. The molecule has 0 aromatic heterocycles. The molecule has 0 saturated carbocycles. The van der Waals surface area contributed by atoms with Crippen LogP contribution < -0.4 is 10.2 Å². The Hall–Kier alpha value is -1.55. The highest BCUT2D eigenvalue weighted by molar-refractivity contribution is 5.81. The van der Waals surface area contributed by atoms with Crippen molar-refractivity contribution in [2.24, 2.45) is 0 Å². The maximum Gasteiger partial charge on any atom is 0.237 e. The van der Waals surface area contributed by atoms with Gasteiger partial charge in [0.05, 0.1) is 6.04 Å². The van der Waals surface area contributed by atoms with E-state index in [0.717, 1.165) is 13.1 Å². The summed E-state index contributed by atoms with van der Waals surface area (Å²) in [5, 5.41) is 2.88. The molecule has 0 spiro atoms. The van der Waals surface area contributed by atoms with Crippen molar-refractivity contribution in [3.63, 3.8) is 0 Å². The van der Waals surface area contributed by atoms with Crippen LogP contribution in [0.5, 0.6) is 0 Å². The van der Waals surface area contributed by atoms with Gasteiger partial charge in [0.15, 0.2) is 0 Å². The highest BCUT2D eigenvalue weighted by atomic mass is 16.2. The van der Waals surface area contributed by atoms with Gasteiger partial charge in [-0.25, -0.2) is 0 Å². The number of nitrogens with one attached hydrogen (secondary N) is 1. The Labute approximate surface area is 122 Å². The molecule has 0 saturated heterocycles. The maximum atomic E-state index is 11.9. The zero-order valence-electron chi connectivity index (χ0n) is 13.3. The molecular formula is C16H27N3O. The normalized spacial score (nSPS) is 12.3. The lowest BCUT2D eigenvalue weighted by molar-refractivity contribution is -0.125. The minimum Gasteiger partial charge on any atom is -0.378 e. The Kier molecular flexibility index (Phi) is 6.52. The third-order valence-corrected chi connectivity index (χ3v) is 3.52. The number of hydrogen-bond acceptors (Lipinski definition) is 3. The van der Waals surface area contributed by atoms with Gasteiger partial charge >= 0.3 is 0 Å². The number of anilines is 1. The van der Waals surface area contributed by atoms with Crippen molar-refractivity contribution in [1.29, 1.82) is 0 Å². The number of carbonyl (C=O) groups excluding carboxylic acids is 1. The van der Waals surface area contributed by atoms with Crippen LogP contribution in [0.3, 0.4) is 0 Å². The second-order valence-electron chi connectivity index (χ2n) is 5.19. The first kappa shape index (κ1) is 16.5. The molecule has 0 radical (unpaired) electrons. The van der Waals surface area contributed by atoms with Crippen molar-refractivity contribution < 1.29 is 4.79 Å². The molecule has 0 aliphatic rings. The number of likely N-dealkylation sites (N-methyl/N-ethyl adjacent to an activating group) is 2. The summed E-state index contributed by atoms with van der Waals surface area (Å²) in [7, 11) is 4.06. The molecule has 4 nitrogen and oxygen atoms in total. The summed E-state index contributed by atoms with van der Waals surface area (Å²) in [4.78, 5) is 16.2. The predicted octanol–water partition coefficient (Wildman–Crippen LogP) is 2.10. The van der Waals surface area contributed by atoms with E-state index in [2.05, 4.69) is 46.3 Å². The Morgan fingerprint density at radius 3 is 2.25 bits per heavy atom. The topological polar surface area (TPSA) is 35.6 Å². The summed E-state index contributed by atoms with van der Waals surface area (Å²) in [6, 6.07) is 8.37. The van der Waals surface area contributed by atoms with Crippen molar-refractivity contribution in [1.82, 2.24) is 10.2 Å². The average molecular weight is 277 g/mol. The molecule has 0 unspecified atom stereocenters. The standard InChI is InChI=1S/C16H27N3O/c1-6-17-16(20)13(3)19(7-2)12-14-8-10-15(11-9-14)18(4)5/h8-11,13H,6-7,12H2,1-5H3,(H,17,20)/t13-/m0/s1. The van der Waals surface area contributed by atoms with Gasteiger partial charge in [-0.3, -0.25) is 9.69 Å². The first-order chi connectivity index (χ1) is 9.49. The van der Waals surface area contributed by atoms with Crippen LogP contribution >= 0.6 is 0 Å². The van der Waals surface area contributed by atoms with E-state index in [1.807, 2.05) is 27.9 Å². The van der Waals surface area contributed by atoms with Gasteiger partial charge < -0.3 is 10.2 Å². The first-order valence-corrected chi connectivity index (χ1v) is 7.27. The molecule has 1 aromatic rings. The van der Waals surface area contributed by atoms with Gasteiger partial charge in [-0.15, -0.1) is 0 Å². The zero-order valence-corrected chi connectivity index (χ0v) is 13.3. The predicted molar refractivity (Wildman–Crippen MR) is 85.0 cm³/mol. The van der Waals surface area contributed by atoms with E-state index < -0.39 is 0 Å². The van der Waals surface area contributed by atoms with E-state index in [1.54, 1.807) is 0 Å². The SMILES string of the molecule is CCNC(=O)[C@H](C)N(CC)Cc1ccc(N(C)C)cc1. The molecule has 4 heteroatoms. The molecule has 0 heterocycles. The van der Waals surface area contributed by atoms with E-state index in [1.165, 1.54) is 11.3 Å². The van der Waals surface area contributed by atoms with Gasteiger partial charge in [0, 0.05) is 32.9 Å². The molecule has 1 aromatic carbocycles. The molecular weight excluding hydrogens is 250 g/mol. The minimum absolute atomic E-state index is 0.0965. The molecule has 20 heavy (non-hydrogen) atoms. The summed E-state index contributed by atoms with van der Waals surface area (Å²) in [6.45, 7) is 8.32. The van der Waals surface area contributed by atoms with Gasteiger partial charge in [0.2, 0.25) is 5.91 Å². The number of hydrogen-bond donors (Lipinski definition) is 1. The van der Waals surface area contributed by atoms with Crippen LogP contribution in [0.4, 0.5) is 5.69 Å². The van der Waals surface area contributed by atoms with Crippen molar-refractivity contribution in [3.8, 4) is 0 Å². The lowest BCUT2D eigenvalue weighted by Crippen LogP contribution is -2.44. The molecule has 1 rings (SSSR count). The Morgan fingerprint density at radius 2 is 1.80 bits per heavy atom. The van der Waals surface area contributed by atoms with Crippen LogP contribution in [0.1, 0.15) is 26.3 Å². The highest BCUT2D eigenvalue weighted by Crippen LogP contribution is 2.14. The monoisotopic (exact) mass is 277 g/mol. The number of benzene rings is 1. The summed E-state index contributed by atoms with van der Waals surface area (Å²) in [5.74, 6) is 0.0965. The van der Waals surface area contributed by atoms with Gasteiger partial charge in [-0.1, -0.05) is 19.1 Å². The Bertz CT molecular complexity index is 414. The second-order valence-corrected chi connectivity index (χ2v) is 5.19. The minimum atomic E-state index is -0.103. The van der Waals surface area contributed by atoms with Crippen LogP contribution in [0.2, 0.25) is 0 Å². The molecule has 0 aliphatic heterocycles. The van der Waals surface area contributed by atoms with E-state index >= 15 is 0 Å². The van der Waals surface area contributed by atoms with E-state index in [4.69, 9.17) is 0 Å². The molecule has 0 aliphatic carbocycles. The van der Waals surface area contributed by atoms with Crippen LogP contribution in [0, 0.1) is 0 Å². The lowest BCUT2D eigenvalue weighted by atomic mass is 10.1. The molecule has 1 N–H and O–H groups in total. The fraction of sp³-hybridized carbons (Fsp3) is 0.562. The van der Waals surface area contributed by atoms with Crippen molar-refractivity contribution >= 4 is 11.6 Å². The molecule has 0 fully saturated rings. The zero-order chi connectivity index (χ0) is 15.1. The summed E-state index contributed by atoms with van der Waals surface area (Å²) in [6.07, 6.45) is 0. The number of carbonyl (C=O) groups is 1. The third-order valence-electron chi connectivity index (χ3n) is 3.52. The lowest BCUT2D eigenvalue weighted by Gasteiger charge is -2.27. The van der Waals surface area contributed by atoms with Gasteiger partial charge in [0.1, 0.15) is 0 Å². The second kappa shape index (κ2) is 7.90. The first-order valence-electron chi connectivity index (χ1n) is 7.27. The number of amides is 1. The average Bonchev–Trinajstić information content (AvgIpc) is 2.44. The Balaban J connectivity index is 2.70. The van der Waals surface area contributed by atoms with E-state index in [0.29, 0.717) is 6.54 Å². The van der Waals surface area contributed by atoms with Gasteiger partial charge in [0.25, 0.3) is 0 Å². The van der Waals surface area contributed by atoms with Crippen LogP contribution in [-0.2, 0) is 11.3 Å². The summed E-state index contributed by atoms with van der Waals surface area (Å²) < 4.78 is 0. The maximum absolute atomic E-state index is 11.9. The molecule has 0 bridgehead atoms. The summed E-state index contributed by atoms with van der Waals surface area (Å²) >= 11 is 0. The highest BCUT2D eigenvalue weighted by Gasteiger charge is 2.19. The summed E-state index contributed by atoms with van der Waals surface area (Å²) in [5.41, 5.74) is 2.42. The van der Waals surface area contributed by atoms with Crippen molar-refractivity contribution in [3.05, 3.63) is 29.8 Å². The van der Waals surface area contributed by atoms with Crippen LogP contribution in [0.25, 0.3) is 0 Å². The number of nitrogens with zero attached hydrogens (tertiary/aromatic N) is 2. The van der Waals surface area contributed by atoms with Crippen molar-refractivity contribution in [2.45, 2.75) is 33.4 Å². The van der Waals surface area contributed by atoms with Crippen molar-refractivity contribution in [2.75, 3.05) is 32.1 Å². The van der Waals surface area contributed by atoms with Crippen LogP contribution in [0.15, 0.2) is 24.3 Å². The van der Waals surface area contributed by atoms with E-state index in [9.17, 15) is 4.79 Å².